The summed E-state index contributed by atoms with van der Waals surface area (Å²) in [7, 11) is 0. The molecule has 0 saturated carbocycles. The summed E-state index contributed by atoms with van der Waals surface area (Å²) in [6, 6.07) is 4.03. The molecule has 3 rings (SSSR count). The second-order valence-electron chi connectivity index (χ2n) is 6.28. The van der Waals surface area contributed by atoms with Gasteiger partial charge in [0.2, 0.25) is 5.91 Å². The topological polar surface area (TPSA) is 45.2 Å². The molecule has 0 bridgehead atoms. The number of rotatable bonds is 5. The van der Waals surface area contributed by atoms with E-state index in [0.29, 0.717) is 18.9 Å². The molecule has 1 aromatic heterocycles. The summed E-state index contributed by atoms with van der Waals surface area (Å²) in [5.74, 6) is 1.61. The van der Waals surface area contributed by atoms with Crippen molar-refractivity contribution < 1.29 is 4.79 Å². The summed E-state index contributed by atoms with van der Waals surface area (Å²) in [6.45, 7) is 2.73. The average Bonchev–Trinajstić information content (AvgIpc) is 3.07. The Hall–Kier alpha value is -1.84. The molecule has 118 valence electrons. The van der Waals surface area contributed by atoms with Crippen molar-refractivity contribution in [3.05, 3.63) is 36.0 Å². The SMILES string of the molecule is O=C(C[C@H]1C=CCC1)NCc1cccnc1N1CCCCC1. The van der Waals surface area contributed by atoms with Crippen LogP contribution in [0.4, 0.5) is 5.82 Å². The molecule has 2 heterocycles. The standard InChI is InChI=1S/C18H25N3O/c22-17(13-15-7-2-3-8-15)20-14-16-9-6-10-19-18(16)21-11-4-1-5-12-21/h2,6-7,9-10,15H,1,3-5,8,11-14H2,(H,20,22)/t15-/m0/s1. The van der Waals surface area contributed by atoms with Crippen LogP contribution in [0.25, 0.3) is 0 Å². The molecule has 0 aromatic carbocycles. The minimum atomic E-state index is 0.144. The van der Waals surface area contributed by atoms with Crippen molar-refractivity contribution in [1.29, 1.82) is 0 Å². The maximum atomic E-state index is 12.1. The van der Waals surface area contributed by atoms with E-state index < -0.39 is 0 Å². The predicted octanol–water partition coefficient (Wildman–Crippen LogP) is 3.04. The van der Waals surface area contributed by atoms with Gasteiger partial charge in [0.1, 0.15) is 5.82 Å². The molecule has 1 saturated heterocycles. The summed E-state index contributed by atoms with van der Waals surface area (Å²) in [4.78, 5) is 19.0. The van der Waals surface area contributed by atoms with Crippen LogP contribution in [0.3, 0.4) is 0 Å². The Bertz CT molecular complexity index is 535. The minimum Gasteiger partial charge on any atom is -0.356 e. The Balaban J connectivity index is 1.57. The minimum absolute atomic E-state index is 0.144. The van der Waals surface area contributed by atoms with Crippen LogP contribution in [0.2, 0.25) is 0 Å². The molecule has 4 heteroatoms. The molecule has 1 aliphatic carbocycles. The molecule has 0 spiro atoms. The van der Waals surface area contributed by atoms with Crippen LogP contribution >= 0.6 is 0 Å². The molecular weight excluding hydrogens is 274 g/mol. The van der Waals surface area contributed by atoms with E-state index in [2.05, 4.69) is 33.4 Å². The molecule has 2 aliphatic rings. The zero-order valence-electron chi connectivity index (χ0n) is 13.1. The van der Waals surface area contributed by atoms with Gasteiger partial charge in [-0.25, -0.2) is 4.98 Å². The summed E-state index contributed by atoms with van der Waals surface area (Å²) >= 11 is 0. The highest BCUT2D eigenvalue weighted by atomic mass is 16.1. The first-order valence-corrected chi connectivity index (χ1v) is 8.45. The van der Waals surface area contributed by atoms with Crippen LogP contribution in [-0.4, -0.2) is 24.0 Å². The van der Waals surface area contributed by atoms with Crippen LogP contribution in [-0.2, 0) is 11.3 Å². The van der Waals surface area contributed by atoms with Crippen molar-refractivity contribution in [3.63, 3.8) is 0 Å². The lowest BCUT2D eigenvalue weighted by Crippen LogP contribution is -2.32. The average molecular weight is 299 g/mol. The Labute approximate surface area is 132 Å². The summed E-state index contributed by atoms with van der Waals surface area (Å²) in [6.07, 6.45) is 12.8. The van der Waals surface area contributed by atoms with Gasteiger partial charge in [-0.15, -0.1) is 0 Å². The molecule has 1 aliphatic heterocycles. The van der Waals surface area contributed by atoms with E-state index in [9.17, 15) is 4.79 Å². The first-order valence-electron chi connectivity index (χ1n) is 8.45. The smallest absolute Gasteiger partial charge is 0.220 e. The van der Waals surface area contributed by atoms with Crippen LogP contribution in [0, 0.1) is 5.92 Å². The van der Waals surface area contributed by atoms with E-state index in [1.807, 2.05) is 12.3 Å². The van der Waals surface area contributed by atoms with Crippen LogP contribution in [0.5, 0.6) is 0 Å². The molecule has 0 unspecified atom stereocenters. The van der Waals surface area contributed by atoms with Gasteiger partial charge in [0, 0.05) is 37.8 Å². The third-order valence-corrected chi connectivity index (χ3v) is 4.56. The van der Waals surface area contributed by atoms with Crippen molar-refractivity contribution >= 4 is 11.7 Å². The molecule has 1 fully saturated rings. The van der Waals surface area contributed by atoms with Gasteiger partial charge in [0.25, 0.3) is 0 Å². The van der Waals surface area contributed by atoms with Gasteiger partial charge in [-0.2, -0.15) is 0 Å². The van der Waals surface area contributed by atoms with Crippen LogP contribution < -0.4 is 10.2 Å². The molecular formula is C18H25N3O. The third kappa shape index (κ3) is 3.87. The highest BCUT2D eigenvalue weighted by Gasteiger charge is 2.17. The fourth-order valence-electron chi connectivity index (χ4n) is 3.33. The van der Waals surface area contributed by atoms with E-state index in [1.54, 1.807) is 0 Å². The third-order valence-electron chi connectivity index (χ3n) is 4.56. The zero-order chi connectivity index (χ0) is 15.2. The van der Waals surface area contributed by atoms with Gasteiger partial charge in [0.15, 0.2) is 0 Å². The number of allylic oxidation sites excluding steroid dienone is 2. The largest absolute Gasteiger partial charge is 0.356 e. The van der Waals surface area contributed by atoms with E-state index in [4.69, 9.17) is 0 Å². The van der Waals surface area contributed by atoms with Crippen molar-refractivity contribution in [1.82, 2.24) is 10.3 Å². The van der Waals surface area contributed by atoms with Gasteiger partial charge in [0.05, 0.1) is 0 Å². The molecule has 1 N–H and O–H groups in total. The van der Waals surface area contributed by atoms with E-state index >= 15 is 0 Å². The monoisotopic (exact) mass is 299 g/mol. The lowest BCUT2D eigenvalue weighted by atomic mass is 10.0. The summed E-state index contributed by atoms with van der Waals surface area (Å²) in [5.41, 5.74) is 1.12. The molecule has 1 aromatic rings. The number of carbonyl (C=O) groups is 1. The number of carbonyl (C=O) groups excluding carboxylic acids is 1. The number of hydrogen-bond donors (Lipinski definition) is 1. The fourth-order valence-corrected chi connectivity index (χ4v) is 3.33. The second kappa shape index (κ2) is 7.43. The molecule has 1 amide bonds. The maximum absolute atomic E-state index is 12.1. The second-order valence-corrected chi connectivity index (χ2v) is 6.28. The van der Waals surface area contributed by atoms with Gasteiger partial charge in [-0.3, -0.25) is 4.79 Å². The van der Waals surface area contributed by atoms with Gasteiger partial charge >= 0.3 is 0 Å². The number of amides is 1. The summed E-state index contributed by atoms with van der Waals surface area (Å²) in [5, 5.41) is 3.07. The van der Waals surface area contributed by atoms with Crippen LogP contribution in [0.15, 0.2) is 30.5 Å². The van der Waals surface area contributed by atoms with Crippen LogP contribution in [0.1, 0.15) is 44.1 Å². The van der Waals surface area contributed by atoms with E-state index in [1.165, 1.54) is 19.3 Å². The predicted molar refractivity (Wildman–Crippen MR) is 88.6 cm³/mol. The van der Waals surface area contributed by atoms with Gasteiger partial charge in [-0.05, 0) is 44.1 Å². The number of anilines is 1. The normalized spacial score (nSPS) is 21.1. The maximum Gasteiger partial charge on any atom is 0.220 e. The van der Waals surface area contributed by atoms with Crippen molar-refractivity contribution in [2.45, 2.75) is 45.1 Å². The number of nitrogens with zero attached hydrogens (tertiary/aromatic N) is 2. The van der Waals surface area contributed by atoms with E-state index in [0.717, 1.165) is 37.3 Å². The number of nitrogens with one attached hydrogen (secondary N) is 1. The highest BCUT2D eigenvalue weighted by molar-refractivity contribution is 5.76. The van der Waals surface area contributed by atoms with Gasteiger partial charge in [-0.1, -0.05) is 18.2 Å². The Morgan fingerprint density at radius 2 is 2.18 bits per heavy atom. The Kier molecular flexibility index (Phi) is 5.09. The van der Waals surface area contributed by atoms with Crippen molar-refractivity contribution in [2.24, 2.45) is 5.92 Å². The summed E-state index contributed by atoms with van der Waals surface area (Å²) < 4.78 is 0. The lowest BCUT2D eigenvalue weighted by Gasteiger charge is -2.29. The van der Waals surface area contributed by atoms with Crippen molar-refractivity contribution in [2.75, 3.05) is 18.0 Å². The number of pyridine rings is 1. The number of piperidine rings is 1. The van der Waals surface area contributed by atoms with E-state index in [-0.39, 0.29) is 5.91 Å². The highest BCUT2D eigenvalue weighted by Crippen LogP contribution is 2.22. The number of aromatic nitrogens is 1. The zero-order valence-corrected chi connectivity index (χ0v) is 13.1. The Morgan fingerprint density at radius 3 is 2.95 bits per heavy atom. The quantitative estimate of drug-likeness (QED) is 0.850. The molecule has 4 nitrogen and oxygen atoms in total. The lowest BCUT2D eigenvalue weighted by molar-refractivity contribution is -0.121. The molecule has 22 heavy (non-hydrogen) atoms. The fraction of sp³-hybridized carbons (Fsp3) is 0.556. The first-order chi connectivity index (χ1) is 10.8. The molecule has 1 atom stereocenters. The molecule has 0 radical (unpaired) electrons. The Morgan fingerprint density at radius 1 is 1.32 bits per heavy atom. The number of hydrogen-bond acceptors (Lipinski definition) is 3. The van der Waals surface area contributed by atoms with Gasteiger partial charge < -0.3 is 10.2 Å². The first kappa shape index (κ1) is 15.1. The van der Waals surface area contributed by atoms with Crippen molar-refractivity contribution in [3.8, 4) is 0 Å².